The van der Waals surface area contributed by atoms with Gasteiger partial charge in [-0.1, -0.05) is 25.5 Å². The van der Waals surface area contributed by atoms with E-state index in [-0.39, 0.29) is 28.9 Å². The predicted octanol–water partition coefficient (Wildman–Crippen LogP) is 4.63. The van der Waals surface area contributed by atoms with Crippen LogP contribution in [0.15, 0.2) is 81.1 Å². The van der Waals surface area contributed by atoms with Crippen molar-refractivity contribution in [3.05, 3.63) is 78.3 Å². The summed E-state index contributed by atoms with van der Waals surface area (Å²) in [4.78, 5) is 0.127. The molecule has 10 heteroatoms. The highest BCUT2D eigenvalue weighted by molar-refractivity contribution is 7.89. The number of sulfonamides is 2. The van der Waals surface area contributed by atoms with Gasteiger partial charge in [0.05, 0.1) is 29.7 Å². The van der Waals surface area contributed by atoms with Gasteiger partial charge in [-0.25, -0.2) is 16.8 Å². The van der Waals surface area contributed by atoms with Gasteiger partial charge < -0.3 is 9.15 Å². The van der Waals surface area contributed by atoms with Gasteiger partial charge in [0.15, 0.2) is 0 Å². The van der Waals surface area contributed by atoms with Crippen LogP contribution in [0.1, 0.15) is 43.9 Å². The molecule has 0 saturated carbocycles. The lowest BCUT2D eigenvalue weighted by Gasteiger charge is -2.34. The molecular weight excluding hydrogens is 500 g/mol. The topological polar surface area (TPSA) is 97.1 Å². The fourth-order valence-electron chi connectivity index (χ4n) is 4.50. The summed E-state index contributed by atoms with van der Waals surface area (Å²) in [5.74, 6) is 1.18. The normalized spacial score (nSPS) is 17.4. The Bertz CT molecular complexity index is 1340. The van der Waals surface area contributed by atoms with E-state index >= 15 is 0 Å². The van der Waals surface area contributed by atoms with Crippen molar-refractivity contribution >= 4 is 20.0 Å². The van der Waals surface area contributed by atoms with Crippen LogP contribution in [0.2, 0.25) is 0 Å². The summed E-state index contributed by atoms with van der Waals surface area (Å²) in [5.41, 5.74) is 0.779. The van der Waals surface area contributed by atoms with Crippen LogP contribution in [0.3, 0.4) is 0 Å². The first-order valence-electron chi connectivity index (χ1n) is 12.0. The molecule has 8 nitrogen and oxygen atoms in total. The average Bonchev–Trinajstić information content (AvgIpc) is 3.42. The van der Waals surface area contributed by atoms with E-state index in [9.17, 15) is 16.8 Å². The molecule has 36 heavy (non-hydrogen) atoms. The van der Waals surface area contributed by atoms with Crippen molar-refractivity contribution < 1.29 is 26.0 Å². The number of methoxy groups -OCH3 is 1. The molecule has 3 aromatic rings. The van der Waals surface area contributed by atoms with Gasteiger partial charge in [0.25, 0.3) is 0 Å². The molecule has 1 aromatic heterocycles. The van der Waals surface area contributed by atoms with Crippen molar-refractivity contribution in [2.24, 2.45) is 0 Å². The number of ether oxygens (including phenoxy) is 1. The Morgan fingerprint density at radius 3 is 2.25 bits per heavy atom. The summed E-state index contributed by atoms with van der Waals surface area (Å²) in [6.45, 7) is 2.62. The molecule has 0 spiro atoms. The second-order valence-corrected chi connectivity index (χ2v) is 12.7. The van der Waals surface area contributed by atoms with Gasteiger partial charge in [0.2, 0.25) is 20.0 Å². The summed E-state index contributed by atoms with van der Waals surface area (Å²) >= 11 is 0. The number of piperidine rings is 1. The Hall–Kier alpha value is -2.66. The van der Waals surface area contributed by atoms with E-state index in [1.807, 2.05) is 19.1 Å². The number of benzene rings is 2. The molecule has 0 bridgehead atoms. The SMILES string of the molecule is CCC1CCCCN1S(=O)(=O)c1ccc(S(=O)(=O)N(Cc2ccc(OC)cc2)Cc2ccco2)cc1. The molecule has 194 valence electrons. The first-order chi connectivity index (χ1) is 17.3. The second kappa shape index (κ2) is 11.2. The highest BCUT2D eigenvalue weighted by Gasteiger charge is 2.33. The van der Waals surface area contributed by atoms with Crippen LogP contribution < -0.4 is 4.74 Å². The minimum absolute atomic E-state index is 0.0206. The molecular formula is C26H32N2O6S2. The van der Waals surface area contributed by atoms with Crippen molar-refractivity contribution in [2.45, 2.75) is 61.5 Å². The molecule has 1 fully saturated rings. The van der Waals surface area contributed by atoms with Crippen molar-refractivity contribution in [3.8, 4) is 5.75 Å². The quantitative estimate of drug-likeness (QED) is 0.378. The number of furan rings is 1. The van der Waals surface area contributed by atoms with Crippen LogP contribution >= 0.6 is 0 Å². The van der Waals surface area contributed by atoms with E-state index in [0.29, 0.717) is 18.1 Å². The van der Waals surface area contributed by atoms with Gasteiger partial charge in [-0.2, -0.15) is 8.61 Å². The van der Waals surface area contributed by atoms with Gasteiger partial charge in [-0.05, 0) is 73.4 Å². The molecule has 1 aliphatic rings. The van der Waals surface area contributed by atoms with Crippen molar-refractivity contribution in [1.29, 1.82) is 0 Å². The molecule has 0 amide bonds. The number of rotatable bonds is 10. The van der Waals surface area contributed by atoms with Gasteiger partial charge in [-0.3, -0.25) is 0 Å². The zero-order valence-corrected chi connectivity index (χ0v) is 22.2. The van der Waals surface area contributed by atoms with Crippen molar-refractivity contribution in [2.75, 3.05) is 13.7 Å². The van der Waals surface area contributed by atoms with Gasteiger partial charge in [-0.15, -0.1) is 0 Å². The lowest BCUT2D eigenvalue weighted by atomic mass is 10.0. The Balaban J connectivity index is 1.61. The van der Waals surface area contributed by atoms with Crippen LogP contribution in [0.5, 0.6) is 5.75 Å². The number of hydrogen-bond donors (Lipinski definition) is 0. The van der Waals surface area contributed by atoms with Gasteiger partial charge in [0.1, 0.15) is 11.5 Å². The third kappa shape index (κ3) is 5.67. The van der Waals surface area contributed by atoms with Crippen LogP contribution in [0.25, 0.3) is 0 Å². The van der Waals surface area contributed by atoms with E-state index in [0.717, 1.165) is 31.2 Å². The molecule has 1 saturated heterocycles. The Morgan fingerprint density at radius 1 is 0.944 bits per heavy atom. The van der Waals surface area contributed by atoms with E-state index in [2.05, 4.69) is 0 Å². The minimum Gasteiger partial charge on any atom is -0.497 e. The van der Waals surface area contributed by atoms with Crippen LogP contribution in [0.4, 0.5) is 0 Å². The summed E-state index contributed by atoms with van der Waals surface area (Å²) < 4.78 is 67.4. The zero-order chi connectivity index (χ0) is 25.8. The first-order valence-corrected chi connectivity index (χ1v) is 14.9. The smallest absolute Gasteiger partial charge is 0.243 e. The average molecular weight is 533 g/mol. The fourth-order valence-corrected chi connectivity index (χ4v) is 7.66. The maximum atomic E-state index is 13.6. The third-order valence-electron chi connectivity index (χ3n) is 6.54. The molecule has 1 atom stereocenters. The lowest BCUT2D eigenvalue weighted by molar-refractivity contribution is 0.246. The van der Waals surface area contributed by atoms with Crippen molar-refractivity contribution in [1.82, 2.24) is 8.61 Å². The Labute approximate surface area is 213 Å². The Morgan fingerprint density at radius 2 is 1.64 bits per heavy atom. The van der Waals surface area contributed by atoms with Gasteiger partial charge >= 0.3 is 0 Å². The van der Waals surface area contributed by atoms with Gasteiger partial charge in [0, 0.05) is 19.1 Å². The highest BCUT2D eigenvalue weighted by Crippen LogP contribution is 2.29. The molecule has 1 unspecified atom stereocenters. The summed E-state index contributed by atoms with van der Waals surface area (Å²) in [6.07, 6.45) is 4.93. The minimum atomic E-state index is -3.96. The Kier molecular flexibility index (Phi) is 8.19. The van der Waals surface area contributed by atoms with Crippen LogP contribution in [0, 0.1) is 0 Å². The van der Waals surface area contributed by atoms with E-state index in [1.54, 1.807) is 35.7 Å². The van der Waals surface area contributed by atoms with Crippen molar-refractivity contribution in [3.63, 3.8) is 0 Å². The molecule has 0 aliphatic carbocycles. The monoisotopic (exact) mass is 532 g/mol. The van der Waals surface area contributed by atoms with Crippen LogP contribution in [-0.2, 0) is 33.1 Å². The predicted molar refractivity (Wildman–Crippen MR) is 136 cm³/mol. The summed E-state index contributed by atoms with van der Waals surface area (Å²) in [5, 5.41) is 0. The molecule has 0 N–H and O–H groups in total. The summed E-state index contributed by atoms with van der Waals surface area (Å²) in [7, 11) is -6.09. The second-order valence-electron chi connectivity index (χ2n) is 8.85. The van der Waals surface area contributed by atoms with E-state index in [4.69, 9.17) is 9.15 Å². The van der Waals surface area contributed by atoms with E-state index in [1.165, 1.54) is 34.8 Å². The number of nitrogens with zero attached hydrogens (tertiary/aromatic N) is 2. The molecule has 2 heterocycles. The zero-order valence-electron chi connectivity index (χ0n) is 20.5. The molecule has 1 aliphatic heterocycles. The summed E-state index contributed by atoms with van der Waals surface area (Å²) in [6, 6.07) is 16.1. The molecule has 4 rings (SSSR count). The third-order valence-corrected chi connectivity index (χ3v) is 10.3. The maximum absolute atomic E-state index is 13.6. The molecule has 0 radical (unpaired) electrons. The lowest BCUT2D eigenvalue weighted by Crippen LogP contribution is -2.43. The maximum Gasteiger partial charge on any atom is 0.243 e. The molecule has 2 aromatic carbocycles. The largest absolute Gasteiger partial charge is 0.497 e. The fraction of sp³-hybridized carbons (Fsp3) is 0.385. The highest BCUT2D eigenvalue weighted by atomic mass is 32.2. The van der Waals surface area contributed by atoms with Crippen LogP contribution in [-0.4, -0.2) is 45.1 Å². The van der Waals surface area contributed by atoms with E-state index < -0.39 is 20.0 Å². The first kappa shape index (κ1) is 26.4. The number of hydrogen-bond acceptors (Lipinski definition) is 6. The standard InChI is InChI=1S/C26H32N2O6S2/c1-3-22-7-4-5-17-28(22)36(31,32)26-15-13-25(14-16-26)35(29,30)27(20-24-8-6-18-34-24)19-21-9-11-23(33-2)12-10-21/h6,8-16,18,22H,3-5,7,17,19-20H2,1-2H3.